The van der Waals surface area contributed by atoms with Gasteiger partial charge in [0.2, 0.25) is 11.5 Å². The van der Waals surface area contributed by atoms with Gasteiger partial charge in [-0.15, -0.1) is 0 Å². The minimum atomic E-state index is -0.310. The Labute approximate surface area is 859 Å². The number of ether oxygens (including phenoxy) is 6. The van der Waals surface area contributed by atoms with Crippen LogP contribution in [0, 0.1) is 23.7 Å². The number of carbonyl (C=O) groups excluding carboxylic acids is 6. The van der Waals surface area contributed by atoms with Crippen molar-refractivity contribution in [2.24, 2.45) is 23.7 Å². The van der Waals surface area contributed by atoms with Crippen LogP contribution in [-0.4, -0.2) is 111 Å². The van der Waals surface area contributed by atoms with E-state index in [2.05, 4.69) is 52.2 Å². The van der Waals surface area contributed by atoms with Crippen molar-refractivity contribution in [1.82, 2.24) is 20.4 Å². The number of nitrogens with zero attached hydrogens (tertiary/aromatic N) is 2. The van der Waals surface area contributed by atoms with Crippen LogP contribution < -0.4 is 39.1 Å². The van der Waals surface area contributed by atoms with Crippen LogP contribution in [0.1, 0.15) is 540 Å². The van der Waals surface area contributed by atoms with E-state index < -0.39 is 0 Å². The predicted molar refractivity (Wildman–Crippen MR) is 591 cm³/mol. The van der Waals surface area contributed by atoms with E-state index in [9.17, 15) is 9.59 Å². The standard InChI is InChI=1S/C126H192N4O12/c1-7-13-19-25-31-37-43-49-55-61-81-137-111-89-101(90-112(138-82-62-56-50-44-38-32-26-20-14-8-2)119(111)141-85-65-59-53-47-41-35-29-23-17-11-5)121(131)127-93-97-69-67-71-99(87-97)95-129-123(133)107-77-73-103-105-75-79-109-118-110(80-76-106(116(105)118)104-74-78-108(124(129)134)117(107)115(103)104)126(136)130(125(109)135)96-100-72-68-70-98(88-100)94-128-122(132)102-91-113(139-83-63-57-51-45-39-33-27-21-15-9-3)120(142-86-66-60-54-48-42-36-30-24-18-12-6)114(92-102)140-84-64-58-52-46-40-34-28-22-16-10-4/h73-80,89-92,97-100H,7-72,81-88,93-96H2,1-6H3,(H,127,131)(H,128,132). The van der Waals surface area contributed by atoms with E-state index in [1.807, 2.05) is 72.8 Å². The van der Waals surface area contributed by atoms with Crippen LogP contribution in [0.3, 0.4) is 0 Å². The van der Waals surface area contributed by atoms with Crippen LogP contribution in [0.25, 0.3) is 43.1 Å². The second kappa shape index (κ2) is 66.9. The second-order valence-electron chi connectivity index (χ2n) is 43.6. The molecular formula is C126H192N4O12. The molecule has 788 valence electrons. The summed E-state index contributed by atoms with van der Waals surface area (Å²) < 4.78 is 40.3. The molecule has 4 atom stereocenters. The van der Waals surface area contributed by atoms with Gasteiger partial charge in [0.25, 0.3) is 35.4 Å². The number of hydrogen-bond donors (Lipinski definition) is 2. The molecule has 2 saturated carbocycles. The van der Waals surface area contributed by atoms with Crippen molar-refractivity contribution in [1.29, 1.82) is 0 Å². The molecule has 7 aromatic rings. The van der Waals surface area contributed by atoms with Gasteiger partial charge in [-0.1, -0.05) is 425 Å². The molecular weight excluding hydrogens is 1760 g/mol. The molecule has 0 bridgehead atoms. The molecule has 6 amide bonds. The van der Waals surface area contributed by atoms with E-state index in [1.165, 1.54) is 318 Å². The van der Waals surface area contributed by atoms with Gasteiger partial charge in [0, 0.05) is 70.3 Å². The molecule has 16 nitrogen and oxygen atoms in total. The number of hydrogen-bond acceptors (Lipinski definition) is 12. The minimum Gasteiger partial charge on any atom is -0.490 e. The molecule has 142 heavy (non-hydrogen) atoms. The highest BCUT2D eigenvalue weighted by Crippen LogP contribution is 2.49. The Morgan fingerprint density at radius 3 is 0.669 bits per heavy atom. The summed E-state index contributed by atoms with van der Waals surface area (Å²) in [6.45, 7) is 18.3. The fourth-order valence-electron chi connectivity index (χ4n) is 23.1. The maximum atomic E-state index is 15.2. The van der Waals surface area contributed by atoms with Crippen LogP contribution in [0.15, 0.2) is 72.8 Å². The van der Waals surface area contributed by atoms with Crippen LogP contribution in [0.5, 0.6) is 34.5 Å². The maximum Gasteiger partial charge on any atom is 0.261 e. The number of benzene rings is 7. The molecule has 7 aromatic carbocycles. The summed E-state index contributed by atoms with van der Waals surface area (Å²) in [5, 5.41) is 13.0. The number of carbonyl (C=O) groups is 6. The third-order valence-electron chi connectivity index (χ3n) is 31.6. The number of rotatable bonds is 82. The number of fused-ring (bicyclic) bond motifs is 2. The lowest BCUT2D eigenvalue weighted by atomic mass is 9.79. The molecule has 2 aliphatic carbocycles. The zero-order valence-electron chi connectivity index (χ0n) is 90.2. The summed E-state index contributed by atoms with van der Waals surface area (Å²) in [4.78, 5) is 93.1. The molecule has 0 aromatic heterocycles. The number of imide groups is 2. The van der Waals surface area contributed by atoms with E-state index >= 15 is 19.2 Å². The lowest BCUT2D eigenvalue weighted by Gasteiger charge is -2.35. The molecule has 2 fully saturated rings. The number of unbranched alkanes of at least 4 members (excludes halogenated alkanes) is 54. The van der Waals surface area contributed by atoms with Gasteiger partial charge in [0.15, 0.2) is 23.0 Å². The SMILES string of the molecule is CCCCCCCCCCCCOc1cc(C(=O)NCC2CCCC(CN3C(=O)c4ccc5c6ccc7c8c(ccc(c9ccc(c4c59)C3=O)c86)C(=O)N(CC3CCCC(CNC(=O)c4cc(OCCCCCCCCCCCC)c(OCCCCCCCCCCCC)c(OCCCCCCCCCCCC)c4)C3)C7=O)C2)cc(OCCCCCCCCCCCC)c1OCCCCCCCCCCCC. The summed E-state index contributed by atoms with van der Waals surface area (Å²) in [5.41, 5.74) is 2.92. The highest BCUT2D eigenvalue weighted by Gasteiger charge is 2.40. The van der Waals surface area contributed by atoms with E-state index in [1.54, 1.807) is 0 Å². The largest absolute Gasteiger partial charge is 0.490 e. The van der Waals surface area contributed by atoms with Crippen LogP contribution >= 0.6 is 0 Å². The van der Waals surface area contributed by atoms with Gasteiger partial charge in [-0.05, 0) is 182 Å². The predicted octanol–water partition coefficient (Wildman–Crippen LogP) is 35.2. The molecule has 0 radical (unpaired) electrons. The molecule has 11 rings (SSSR count). The van der Waals surface area contributed by atoms with E-state index in [4.69, 9.17) is 28.4 Å². The lowest BCUT2D eigenvalue weighted by Crippen LogP contribution is -2.44. The number of nitrogens with one attached hydrogen (secondary N) is 2. The Hall–Kier alpha value is -8.14. The van der Waals surface area contributed by atoms with Gasteiger partial charge < -0.3 is 39.1 Å². The van der Waals surface area contributed by atoms with Crippen LogP contribution in [0.4, 0.5) is 0 Å². The fourth-order valence-corrected chi connectivity index (χ4v) is 23.1. The van der Waals surface area contributed by atoms with Crippen LogP contribution in [-0.2, 0) is 0 Å². The topological polar surface area (TPSA) is 188 Å². The van der Waals surface area contributed by atoms with E-state index in [-0.39, 0.29) is 72.2 Å². The second-order valence-corrected chi connectivity index (χ2v) is 43.6. The zero-order valence-corrected chi connectivity index (χ0v) is 90.2. The summed E-state index contributed by atoms with van der Waals surface area (Å²) in [6, 6.07) is 23.0. The molecule has 0 saturated heterocycles. The van der Waals surface area contributed by atoms with E-state index in [0.717, 1.165) is 161 Å². The van der Waals surface area contributed by atoms with Crippen molar-refractivity contribution < 1.29 is 57.2 Å². The molecule has 2 aliphatic heterocycles. The van der Waals surface area contributed by atoms with Gasteiger partial charge >= 0.3 is 0 Å². The van der Waals surface area contributed by atoms with E-state index in [0.29, 0.717) is 131 Å². The van der Waals surface area contributed by atoms with Crippen molar-refractivity contribution in [2.75, 3.05) is 65.8 Å². The Balaban J connectivity index is 0.725. The monoisotopic (exact) mass is 1950 g/mol. The minimum absolute atomic E-state index is 0.0337. The molecule has 4 aliphatic rings. The Kier molecular flexibility index (Phi) is 53.8. The lowest BCUT2D eigenvalue weighted by molar-refractivity contribution is 0.0547. The molecule has 0 spiro atoms. The first-order valence-corrected chi connectivity index (χ1v) is 59.5. The first kappa shape index (κ1) is 114. The zero-order chi connectivity index (χ0) is 99.8. The highest BCUT2D eigenvalue weighted by molar-refractivity contribution is 6.41. The van der Waals surface area contributed by atoms with Crippen LogP contribution in [0.2, 0.25) is 0 Å². The average Bonchev–Trinajstić information content (AvgIpc) is 0.688. The Morgan fingerprint density at radius 2 is 0.451 bits per heavy atom. The highest BCUT2D eigenvalue weighted by atomic mass is 16.5. The third-order valence-corrected chi connectivity index (χ3v) is 31.6. The molecule has 4 unspecified atom stereocenters. The van der Waals surface area contributed by atoms with Crippen molar-refractivity contribution in [2.45, 2.75) is 478 Å². The van der Waals surface area contributed by atoms with Gasteiger partial charge in [0.05, 0.1) is 39.6 Å². The van der Waals surface area contributed by atoms with Crippen molar-refractivity contribution in [3.05, 3.63) is 106 Å². The van der Waals surface area contributed by atoms with Crippen molar-refractivity contribution in [3.63, 3.8) is 0 Å². The van der Waals surface area contributed by atoms with Gasteiger partial charge in [0.1, 0.15) is 0 Å². The quantitative estimate of drug-likeness (QED) is 0.0159. The van der Waals surface area contributed by atoms with Crippen molar-refractivity contribution >= 4 is 78.5 Å². The normalized spacial score (nSPS) is 16.0. The van der Waals surface area contributed by atoms with Crippen molar-refractivity contribution in [3.8, 4) is 34.5 Å². The summed E-state index contributed by atoms with van der Waals surface area (Å²) in [6.07, 6.45) is 80.8. The summed E-state index contributed by atoms with van der Waals surface area (Å²) >= 11 is 0. The Morgan fingerprint density at radius 1 is 0.254 bits per heavy atom. The number of amides is 6. The first-order chi connectivity index (χ1) is 69.9. The van der Waals surface area contributed by atoms with Gasteiger partial charge in [-0.25, -0.2) is 0 Å². The fraction of sp³-hybridized carbons (Fsp3) is 0.698. The molecule has 2 heterocycles. The average molecular weight is 1950 g/mol. The van der Waals surface area contributed by atoms with Gasteiger partial charge in [-0.2, -0.15) is 0 Å². The van der Waals surface area contributed by atoms with Gasteiger partial charge in [-0.3, -0.25) is 38.6 Å². The summed E-state index contributed by atoms with van der Waals surface area (Å²) in [5.74, 6) is 2.21. The third kappa shape index (κ3) is 36.8. The first-order valence-electron chi connectivity index (χ1n) is 59.5. The molecule has 16 heteroatoms. The smallest absolute Gasteiger partial charge is 0.261 e. The maximum absolute atomic E-state index is 15.2. The molecule has 2 N–H and O–H groups in total. The summed E-state index contributed by atoms with van der Waals surface area (Å²) in [7, 11) is 0. The Bertz CT molecular complexity index is 4310.